The molecule has 114 valence electrons. The van der Waals surface area contributed by atoms with Gasteiger partial charge in [-0.1, -0.05) is 66.2 Å². The Labute approximate surface area is 150 Å². The molecule has 2 aromatic carbocycles. The van der Waals surface area contributed by atoms with E-state index in [1.165, 1.54) is 35.1 Å². The van der Waals surface area contributed by atoms with Crippen molar-refractivity contribution in [1.82, 2.24) is 0 Å². The second-order valence-corrected chi connectivity index (χ2v) is 6.66. The van der Waals surface area contributed by atoms with Crippen LogP contribution in [0.25, 0.3) is 0 Å². The fourth-order valence-corrected chi connectivity index (χ4v) is 2.43. The van der Waals surface area contributed by atoms with Crippen molar-refractivity contribution in [2.75, 3.05) is 0 Å². The maximum Gasteiger partial charge on any atom is 2.00 e. The molecule has 0 unspecified atom stereocenters. The van der Waals surface area contributed by atoms with Gasteiger partial charge in [0.2, 0.25) is 0 Å². The van der Waals surface area contributed by atoms with Gasteiger partial charge in [-0.25, -0.2) is 24.3 Å². The van der Waals surface area contributed by atoms with Crippen LogP contribution in [-0.4, -0.2) is 0 Å². The standard InChI is InChI=1S/2C10H15.Zr/c2*1-8(2)7-10-6-4-5-9(10)3;/h2*4-6,8H,7H2,1-3H3;/q2*-1;+2. The molecule has 0 aliphatic carbocycles. The largest absolute Gasteiger partial charge is 2.00 e. The third-order valence-corrected chi connectivity index (χ3v) is 3.56. The van der Waals surface area contributed by atoms with Crippen LogP contribution in [0.15, 0.2) is 36.4 Å². The van der Waals surface area contributed by atoms with Gasteiger partial charge in [0.1, 0.15) is 0 Å². The quantitative estimate of drug-likeness (QED) is 0.602. The first-order valence-electron chi connectivity index (χ1n) is 7.82. The molecule has 2 aromatic rings. The van der Waals surface area contributed by atoms with Crippen LogP contribution in [0.4, 0.5) is 0 Å². The molecule has 0 aliphatic rings. The van der Waals surface area contributed by atoms with Crippen LogP contribution in [0.5, 0.6) is 0 Å². The van der Waals surface area contributed by atoms with Gasteiger partial charge in [-0.15, -0.1) is 0 Å². The second kappa shape index (κ2) is 10.3. The van der Waals surface area contributed by atoms with Crippen molar-refractivity contribution in [3.05, 3.63) is 58.7 Å². The molecule has 0 amide bonds. The summed E-state index contributed by atoms with van der Waals surface area (Å²) in [7, 11) is 0. The van der Waals surface area contributed by atoms with Crippen molar-refractivity contribution < 1.29 is 26.2 Å². The van der Waals surface area contributed by atoms with E-state index in [0.717, 1.165) is 11.8 Å². The van der Waals surface area contributed by atoms with Crippen molar-refractivity contribution in [3.8, 4) is 0 Å². The van der Waals surface area contributed by atoms with Gasteiger partial charge in [0, 0.05) is 0 Å². The van der Waals surface area contributed by atoms with Gasteiger partial charge in [-0.05, 0) is 0 Å². The summed E-state index contributed by atoms with van der Waals surface area (Å²) in [5.74, 6) is 1.56. The van der Waals surface area contributed by atoms with Crippen LogP contribution >= 0.6 is 0 Å². The average Bonchev–Trinajstić information content (AvgIpc) is 2.90. The smallest absolute Gasteiger partial charge is 0.213 e. The maximum atomic E-state index is 2.26. The first-order valence-corrected chi connectivity index (χ1v) is 7.82. The molecule has 2 rings (SSSR count). The Hall–Kier alpha value is -0.417. The molecule has 0 aromatic heterocycles. The predicted octanol–water partition coefficient (Wildman–Crippen LogP) is 5.82. The minimum Gasteiger partial charge on any atom is -0.213 e. The van der Waals surface area contributed by atoms with Crippen LogP contribution in [0, 0.1) is 25.7 Å². The van der Waals surface area contributed by atoms with Gasteiger partial charge < -0.3 is 0 Å². The monoisotopic (exact) mass is 360 g/mol. The molecule has 0 saturated heterocycles. The van der Waals surface area contributed by atoms with E-state index in [1.807, 2.05) is 0 Å². The molecule has 0 spiro atoms. The van der Waals surface area contributed by atoms with Gasteiger partial charge >= 0.3 is 26.2 Å². The molecular formula is C20H30Zr. The van der Waals surface area contributed by atoms with Gasteiger partial charge in [0.25, 0.3) is 0 Å². The molecule has 0 N–H and O–H groups in total. The zero-order valence-electron chi connectivity index (χ0n) is 14.5. The van der Waals surface area contributed by atoms with Crippen LogP contribution < -0.4 is 0 Å². The predicted molar refractivity (Wildman–Crippen MR) is 90.6 cm³/mol. The molecule has 0 radical (unpaired) electrons. The molecule has 0 saturated carbocycles. The summed E-state index contributed by atoms with van der Waals surface area (Å²) in [5, 5.41) is 0. The number of hydrogen-bond donors (Lipinski definition) is 0. The normalized spacial score (nSPS) is 10.3. The molecule has 0 nitrogen and oxygen atoms in total. The van der Waals surface area contributed by atoms with Crippen molar-refractivity contribution >= 4 is 0 Å². The SMILES string of the molecule is Cc1ccc[c-]1CC(C)C.Cc1ccc[c-]1CC(C)C.[Zr+2]. The van der Waals surface area contributed by atoms with Crippen molar-refractivity contribution in [3.63, 3.8) is 0 Å². The maximum absolute atomic E-state index is 2.26. The fourth-order valence-electron chi connectivity index (χ4n) is 2.43. The summed E-state index contributed by atoms with van der Waals surface area (Å²) in [6.45, 7) is 13.4. The van der Waals surface area contributed by atoms with E-state index in [9.17, 15) is 0 Å². The molecule has 0 heterocycles. The fraction of sp³-hybridized carbons (Fsp3) is 0.500. The van der Waals surface area contributed by atoms with Gasteiger partial charge in [-0.2, -0.15) is 34.4 Å². The molecule has 1 heteroatoms. The summed E-state index contributed by atoms with van der Waals surface area (Å²) < 4.78 is 0. The first kappa shape index (κ1) is 20.6. The van der Waals surface area contributed by atoms with Crippen LogP contribution in [0.2, 0.25) is 0 Å². The Bertz CT molecular complexity index is 439. The van der Waals surface area contributed by atoms with E-state index in [0.29, 0.717) is 0 Å². The number of rotatable bonds is 4. The van der Waals surface area contributed by atoms with Crippen molar-refractivity contribution in [1.29, 1.82) is 0 Å². The summed E-state index contributed by atoms with van der Waals surface area (Å²) in [6.07, 6.45) is 2.44. The zero-order valence-corrected chi connectivity index (χ0v) is 17.0. The van der Waals surface area contributed by atoms with E-state index in [1.54, 1.807) is 0 Å². The Kier molecular flexibility index (Phi) is 10.1. The molecule has 0 bridgehead atoms. The van der Waals surface area contributed by atoms with Crippen LogP contribution in [0.3, 0.4) is 0 Å². The van der Waals surface area contributed by atoms with E-state index < -0.39 is 0 Å². The topological polar surface area (TPSA) is 0 Å². The Morgan fingerprint density at radius 3 is 1.29 bits per heavy atom. The summed E-state index contributed by atoms with van der Waals surface area (Å²) in [6, 6.07) is 13.1. The van der Waals surface area contributed by atoms with E-state index >= 15 is 0 Å². The summed E-state index contributed by atoms with van der Waals surface area (Å²) in [5.41, 5.74) is 5.90. The van der Waals surface area contributed by atoms with Crippen LogP contribution in [0.1, 0.15) is 49.9 Å². The molecule has 0 fully saturated rings. The van der Waals surface area contributed by atoms with E-state index in [2.05, 4.69) is 77.9 Å². The van der Waals surface area contributed by atoms with Gasteiger partial charge in [0.15, 0.2) is 0 Å². The van der Waals surface area contributed by atoms with E-state index in [4.69, 9.17) is 0 Å². The molecule has 0 aliphatic heterocycles. The molecule has 0 atom stereocenters. The first-order chi connectivity index (χ1) is 9.40. The third-order valence-electron chi connectivity index (χ3n) is 3.56. The van der Waals surface area contributed by atoms with Gasteiger partial charge in [0.05, 0.1) is 0 Å². The van der Waals surface area contributed by atoms with Crippen molar-refractivity contribution in [2.24, 2.45) is 11.8 Å². The minimum atomic E-state index is 0. The third kappa shape index (κ3) is 7.96. The zero-order chi connectivity index (χ0) is 15.1. The Balaban J connectivity index is 0.000000364. The molecule has 21 heavy (non-hydrogen) atoms. The summed E-state index contributed by atoms with van der Waals surface area (Å²) in [4.78, 5) is 0. The Morgan fingerprint density at radius 2 is 1.10 bits per heavy atom. The molecular weight excluding hydrogens is 331 g/mol. The van der Waals surface area contributed by atoms with Gasteiger partial charge in [-0.3, -0.25) is 0 Å². The van der Waals surface area contributed by atoms with Crippen LogP contribution in [-0.2, 0) is 39.0 Å². The number of hydrogen-bond acceptors (Lipinski definition) is 0. The average molecular weight is 362 g/mol. The number of aryl methyl sites for hydroxylation is 2. The minimum absolute atomic E-state index is 0. The Morgan fingerprint density at radius 1 is 0.762 bits per heavy atom. The summed E-state index contributed by atoms with van der Waals surface area (Å²) >= 11 is 0. The second-order valence-electron chi connectivity index (χ2n) is 6.66. The van der Waals surface area contributed by atoms with E-state index in [-0.39, 0.29) is 26.2 Å². The van der Waals surface area contributed by atoms with Crippen molar-refractivity contribution in [2.45, 2.75) is 54.4 Å².